The summed E-state index contributed by atoms with van der Waals surface area (Å²) in [5, 5.41) is 20.9. The van der Waals surface area contributed by atoms with Crippen molar-refractivity contribution in [3.63, 3.8) is 0 Å². The fourth-order valence-corrected chi connectivity index (χ4v) is 17.7. The Bertz CT molecular complexity index is 6350. The number of hydrogen-bond donors (Lipinski definition) is 0. The first-order valence-corrected chi connectivity index (χ1v) is 35.0. The summed E-state index contributed by atoms with van der Waals surface area (Å²) in [6, 6.07) is 129. The van der Waals surface area contributed by atoms with Crippen molar-refractivity contribution in [2.24, 2.45) is 0 Å². The zero-order chi connectivity index (χ0) is 66.0. The predicted octanol–water partition coefficient (Wildman–Crippen LogP) is 23.8. The fourth-order valence-electron chi connectivity index (χ4n) is 17.7. The van der Waals surface area contributed by atoms with Crippen LogP contribution in [0.1, 0.15) is 0 Å². The average molecular weight is 1280 g/mol. The van der Waals surface area contributed by atoms with Gasteiger partial charge in [-0.1, -0.05) is 291 Å². The molecule has 101 heavy (non-hydrogen) atoms. The van der Waals surface area contributed by atoms with E-state index in [4.69, 9.17) is 9.97 Å². The molecule has 0 atom stereocenters. The maximum absolute atomic E-state index is 5.82. The van der Waals surface area contributed by atoms with E-state index in [9.17, 15) is 0 Å². The number of anilines is 6. The van der Waals surface area contributed by atoms with Crippen molar-refractivity contribution in [3.8, 4) is 67.2 Å². The topological polar surface area (TPSA) is 32.3 Å². The molecule has 0 saturated heterocycles. The number of benzene rings is 19. The third kappa shape index (κ3) is 8.32. The molecule has 3 heterocycles. The maximum Gasteiger partial charge on any atom is 0.252 e. The molecular formula is C96H57BN4. The van der Waals surface area contributed by atoms with E-state index in [2.05, 4.69) is 356 Å². The van der Waals surface area contributed by atoms with Crippen molar-refractivity contribution >= 4 is 154 Å². The van der Waals surface area contributed by atoms with Crippen LogP contribution in [0, 0.1) is 0 Å². The Kier molecular flexibility index (Phi) is 12.0. The molecule has 0 bridgehead atoms. The van der Waals surface area contributed by atoms with Crippen LogP contribution in [0.15, 0.2) is 346 Å². The number of rotatable bonds is 8. The maximum atomic E-state index is 5.82. The highest BCUT2D eigenvalue weighted by atomic mass is 15.2. The van der Waals surface area contributed by atoms with Gasteiger partial charge in [0.05, 0.1) is 11.2 Å². The Hall–Kier alpha value is -13.2. The van der Waals surface area contributed by atoms with Crippen LogP contribution in [0.5, 0.6) is 0 Å². The van der Waals surface area contributed by atoms with Crippen LogP contribution in [0.4, 0.5) is 34.1 Å². The van der Waals surface area contributed by atoms with Crippen molar-refractivity contribution in [3.05, 3.63) is 346 Å². The summed E-state index contributed by atoms with van der Waals surface area (Å²) in [5.41, 5.74) is 22.9. The van der Waals surface area contributed by atoms with Gasteiger partial charge in [-0.3, -0.25) is 0 Å². The molecule has 0 aliphatic carbocycles. The molecule has 0 unspecified atom stereocenters. The third-order valence-corrected chi connectivity index (χ3v) is 22.0. The number of aromatic nitrogens is 2. The zero-order valence-electron chi connectivity index (χ0n) is 54.8. The first-order chi connectivity index (χ1) is 50.1. The molecule has 5 heteroatoms. The average Bonchev–Trinajstić information content (AvgIpc) is 0.673. The third-order valence-electron chi connectivity index (χ3n) is 22.0. The number of hydrogen-bond acceptors (Lipinski definition) is 4. The number of para-hydroxylation sites is 1. The quantitative estimate of drug-likeness (QED) is 0.0862. The number of fused-ring (bicyclic) bond motifs is 11. The minimum atomic E-state index is -0.317. The molecule has 0 N–H and O–H groups in total. The first kappa shape index (κ1) is 55.9. The largest absolute Gasteiger partial charge is 0.311 e. The van der Waals surface area contributed by atoms with Crippen LogP contribution in [-0.4, -0.2) is 16.7 Å². The summed E-state index contributed by atoms with van der Waals surface area (Å²) >= 11 is 0. The Morgan fingerprint density at radius 1 is 0.228 bits per heavy atom. The van der Waals surface area contributed by atoms with Crippen molar-refractivity contribution < 1.29 is 0 Å². The van der Waals surface area contributed by atoms with Gasteiger partial charge in [-0.15, -0.1) is 0 Å². The molecule has 22 rings (SSSR count). The Labute approximate surface area is 583 Å². The van der Waals surface area contributed by atoms with E-state index in [0.717, 1.165) is 106 Å². The first-order valence-electron chi connectivity index (χ1n) is 35.0. The Morgan fingerprint density at radius 2 is 0.564 bits per heavy atom. The van der Waals surface area contributed by atoms with Crippen LogP contribution < -0.4 is 26.2 Å². The minimum absolute atomic E-state index is 0.317. The van der Waals surface area contributed by atoms with E-state index in [1.807, 2.05) is 0 Å². The van der Waals surface area contributed by atoms with Gasteiger partial charge in [0.25, 0.3) is 6.71 Å². The second-order valence-corrected chi connectivity index (χ2v) is 27.4. The summed E-state index contributed by atoms with van der Waals surface area (Å²) < 4.78 is 0. The molecule has 0 radical (unpaired) electrons. The lowest BCUT2D eigenvalue weighted by Crippen LogP contribution is -2.61. The molecule has 2 aliphatic rings. The second kappa shape index (κ2) is 21.6. The van der Waals surface area contributed by atoms with Crippen molar-refractivity contribution in [1.82, 2.24) is 9.97 Å². The Balaban J connectivity index is 0.965. The second-order valence-electron chi connectivity index (χ2n) is 27.4. The fraction of sp³-hybridized carbons (Fsp3) is 0. The molecule has 1 aromatic heterocycles. The van der Waals surface area contributed by atoms with Crippen LogP contribution in [0.25, 0.3) is 164 Å². The molecule has 0 fully saturated rings. The van der Waals surface area contributed by atoms with Gasteiger partial charge in [0.2, 0.25) is 0 Å². The molecule has 2 aliphatic heterocycles. The van der Waals surface area contributed by atoms with Gasteiger partial charge < -0.3 is 9.80 Å². The molecule has 4 nitrogen and oxygen atoms in total. The van der Waals surface area contributed by atoms with Gasteiger partial charge in [0.1, 0.15) is 0 Å². The van der Waals surface area contributed by atoms with Gasteiger partial charge in [0, 0.05) is 61.4 Å². The summed E-state index contributed by atoms with van der Waals surface area (Å²) in [5.74, 6) is 0.642. The van der Waals surface area contributed by atoms with Gasteiger partial charge in [0.15, 0.2) is 5.82 Å². The highest BCUT2D eigenvalue weighted by Crippen LogP contribution is 2.55. The molecule has 0 spiro atoms. The summed E-state index contributed by atoms with van der Waals surface area (Å²) in [6.07, 6.45) is 0. The SMILES string of the molecule is c1ccc(-c2cc(-c3ccccc3)cc(N3c4cc(-c5nc(-c6ccccc6)c6ccccc6n5)cc5c4B(c4cc6c7cccc8cccc(c9cccc(c43)c96)c87)c3cc4c6cccc7cccc(c8cccc(c3N5c3cc(-c5ccccc5)cc(-c5ccccc5)c3)c84)c76)c2)cc1. The van der Waals surface area contributed by atoms with E-state index in [0.29, 0.717) is 5.82 Å². The van der Waals surface area contributed by atoms with Gasteiger partial charge in [-0.25, -0.2) is 9.97 Å². The standard InChI is InChI=1S/C96H57BN4/c1-6-24-58(25-7-1)65-48-66(59-26-8-2-9-27-59)51-70(50-65)100-86-54-69(96-98-85-47-17-16-38-78(85)93(99-96)64-32-14-5-15-33-64)55-87-92(86)97(83-56-81-76-41-20-36-62-34-18-39-72(88(62)76)74-43-22-45-79(90(74)81)94(83)100)84-57-82-77-42-21-37-63-35-19-40-73(89(63)77)75-44-23-46-80(91(75)82)95(84)101(87)71-52-67(60-28-10-3-11-29-60)49-68(53-71)61-30-12-4-13-31-61/h1-57H. The summed E-state index contributed by atoms with van der Waals surface area (Å²) in [6.45, 7) is -0.317. The van der Waals surface area contributed by atoms with E-state index >= 15 is 0 Å². The molecule has 0 amide bonds. The van der Waals surface area contributed by atoms with Crippen LogP contribution >= 0.6 is 0 Å². The summed E-state index contributed by atoms with van der Waals surface area (Å²) in [7, 11) is 0. The van der Waals surface area contributed by atoms with E-state index in [1.165, 1.54) is 103 Å². The van der Waals surface area contributed by atoms with Crippen molar-refractivity contribution in [1.29, 1.82) is 0 Å². The number of nitrogens with zero attached hydrogens (tertiary/aromatic N) is 4. The molecule has 20 aromatic rings. The van der Waals surface area contributed by atoms with E-state index in [-0.39, 0.29) is 6.71 Å². The Morgan fingerprint density at radius 3 is 0.980 bits per heavy atom. The van der Waals surface area contributed by atoms with Gasteiger partial charge in [-0.05, 0) is 191 Å². The van der Waals surface area contributed by atoms with Crippen LogP contribution in [0.3, 0.4) is 0 Å². The molecule has 0 saturated carbocycles. The predicted molar refractivity (Wildman–Crippen MR) is 429 cm³/mol. The van der Waals surface area contributed by atoms with Crippen LogP contribution in [-0.2, 0) is 0 Å². The minimum Gasteiger partial charge on any atom is -0.311 e. The smallest absolute Gasteiger partial charge is 0.252 e. The normalized spacial score (nSPS) is 12.7. The highest BCUT2D eigenvalue weighted by molar-refractivity contribution is 7.01. The van der Waals surface area contributed by atoms with Crippen molar-refractivity contribution in [2.45, 2.75) is 0 Å². The molecule has 19 aromatic carbocycles. The van der Waals surface area contributed by atoms with Crippen LogP contribution in [0.2, 0.25) is 0 Å². The monoisotopic (exact) mass is 1280 g/mol. The lowest BCUT2D eigenvalue weighted by molar-refractivity contribution is 1.21. The highest BCUT2D eigenvalue weighted by Gasteiger charge is 2.46. The lowest BCUT2D eigenvalue weighted by atomic mass is 9.33. The summed E-state index contributed by atoms with van der Waals surface area (Å²) in [4.78, 5) is 16.8. The molecule has 464 valence electrons. The zero-order valence-corrected chi connectivity index (χ0v) is 54.8. The van der Waals surface area contributed by atoms with Gasteiger partial charge in [-0.2, -0.15) is 0 Å². The van der Waals surface area contributed by atoms with E-state index in [1.54, 1.807) is 0 Å². The van der Waals surface area contributed by atoms with E-state index < -0.39 is 0 Å². The van der Waals surface area contributed by atoms with Gasteiger partial charge >= 0.3 is 0 Å². The lowest BCUT2D eigenvalue weighted by Gasteiger charge is -2.45. The van der Waals surface area contributed by atoms with Crippen molar-refractivity contribution in [2.75, 3.05) is 9.80 Å². The molecular weight excluding hydrogens is 1220 g/mol.